The monoisotopic (exact) mass is 310 g/mol. The van der Waals surface area contributed by atoms with Gasteiger partial charge in [0.1, 0.15) is 5.75 Å². The lowest BCUT2D eigenvalue weighted by atomic mass is 9.89. The van der Waals surface area contributed by atoms with Gasteiger partial charge < -0.3 is 10.0 Å². The van der Waals surface area contributed by atoms with Gasteiger partial charge in [-0.3, -0.25) is 0 Å². The summed E-state index contributed by atoms with van der Waals surface area (Å²) in [6.45, 7) is 2.09. The quantitative estimate of drug-likeness (QED) is 0.763. The second kappa shape index (κ2) is 5.61. The largest absolute Gasteiger partial charge is 0.508 e. The zero-order valence-electron chi connectivity index (χ0n) is 12.3. The number of rotatable bonds is 2. The lowest BCUT2D eigenvalue weighted by molar-refractivity contribution is 0.473. The fraction of sp³-hybridized carbons (Fsp3) is 0.278. The Bertz CT molecular complexity index is 740. The van der Waals surface area contributed by atoms with Crippen molar-refractivity contribution in [2.24, 2.45) is 0 Å². The van der Waals surface area contributed by atoms with Crippen molar-refractivity contribution >= 4 is 26.7 Å². The SMILES string of the molecule is Oc1ccc(C2CCN(c3nc4ccccc4s3)CC2)cc1. The smallest absolute Gasteiger partial charge is 0.186 e. The first-order valence-corrected chi connectivity index (χ1v) is 8.51. The summed E-state index contributed by atoms with van der Waals surface area (Å²) in [4.78, 5) is 7.16. The molecule has 4 rings (SSSR count). The molecule has 1 fully saturated rings. The summed E-state index contributed by atoms with van der Waals surface area (Å²) in [5, 5.41) is 10.5. The number of fused-ring (bicyclic) bond motifs is 1. The van der Waals surface area contributed by atoms with Crippen LogP contribution < -0.4 is 4.90 Å². The van der Waals surface area contributed by atoms with Crippen LogP contribution in [0.3, 0.4) is 0 Å². The molecule has 0 aliphatic carbocycles. The molecule has 2 heterocycles. The van der Waals surface area contributed by atoms with Gasteiger partial charge in [0, 0.05) is 13.1 Å². The van der Waals surface area contributed by atoms with Gasteiger partial charge in [0.25, 0.3) is 0 Å². The van der Waals surface area contributed by atoms with Crippen molar-refractivity contribution in [1.29, 1.82) is 0 Å². The molecule has 1 aliphatic rings. The summed E-state index contributed by atoms with van der Waals surface area (Å²) in [6.07, 6.45) is 2.28. The molecule has 112 valence electrons. The fourth-order valence-electron chi connectivity index (χ4n) is 3.15. The van der Waals surface area contributed by atoms with Crippen LogP contribution >= 0.6 is 11.3 Å². The molecule has 22 heavy (non-hydrogen) atoms. The Morgan fingerprint density at radius 2 is 1.73 bits per heavy atom. The lowest BCUT2D eigenvalue weighted by Gasteiger charge is -2.32. The third-order valence-electron chi connectivity index (χ3n) is 4.41. The van der Waals surface area contributed by atoms with Gasteiger partial charge in [-0.25, -0.2) is 4.98 Å². The Hall–Kier alpha value is -2.07. The van der Waals surface area contributed by atoms with E-state index in [1.54, 1.807) is 23.5 Å². The van der Waals surface area contributed by atoms with Gasteiger partial charge in [-0.2, -0.15) is 0 Å². The lowest BCUT2D eigenvalue weighted by Crippen LogP contribution is -2.32. The fourth-order valence-corrected chi connectivity index (χ4v) is 4.16. The summed E-state index contributed by atoms with van der Waals surface area (Å²) in [5.41, 5.74) is 2.44. The number of benzene rings is 2. The molecule has 1 N–H and O–H groups in total. The van der Waals surface area contributed by atoms with Crippen molar-refractivity contribution in [1.82, 2.24) is 4.98 Å². The van der Waals surface area contributed by atoms with E-state index in [1.165, 1.54) is 10.3 Å². The van der Waals surface area contributed by atoms with Gasteiger partial charge in [0.05, 0.1) is 10.2 Å². The van der Waals surface area contributed by atoms with E-state index >= 15 is 0 Å². The molecule has 4 heteroatoms. The molecule has 3 aromatic rings. The van der Waals surface area contributed by atoms with Crippen LogP contribution in [0.2, 0.25) is 0 Å². The van der Waals surface area contributed by atoms with Crippen LogP contribution in [0.25, 0.3) is 10.2 Å². The van der Waals surface area contributed by atoms with E-state index in [1.807, 2.05) is 18.2 Å². The summed E-state index contributed by atoms with van der Waals surface area (Å²) in [6, 6.07) is 16.0. The summed E-state index contributed by atoms with van der Waals surface area (Å²) in [5.74, 6) is 0.932. The van der Waals surface area contributed by atoms with Crippen LogP contribution in [0.15, 0.2) is 48.5 Å². The van der Waals surface area contributed by atoms with Gasteiger partial charge in [-0.1, -0.05) is 35.6 Å². The maximum Gasteiger partial charge on any atom is 0.186 e. The first-order valence-electron chi connectivity index (χ1n) is 7.69. The number of hydrogen-bond donors (Lipinski definition) is 1. The first-order chi connectivity index (χ1) is 10.8. The molecule has 0 radical (unpaired) electrons. The van der Waals surface area contributed by atoms with Crippen molar-refractivity contribution in [3.05, 3.63) is 54.1 Å². The topological polar surface area (TPSA) is 36.4 Å². The number of piperidine rings is 1. The van der Waals surface area contributed by atoms with E-state index in [-0.39, 0.29) is 0 Å². The van der Waals surface area contributed by atoms with Gasteiger partial charge in [-0.05, 0) is 48.6 Å². The molecule has 3 nitrogen and oxygen atoms in total. The molecule has 0 unspecified atom stereocenters. The third kappa shape index (κ3) is 2.55. The normalized spacial score (nSPS) is 16.3. The minimum Gasteiger partial charge on any atom is -0.508 e. The molecular weight excluding hydrogens is 292 g/mol. The average Bonchev–Trinajstić information content (AvgIpc) is 3.00. The number of para-hydroxylation sites is 1. The molecule has 1 aliphatic heterocycles. The van der Waals surface area contributed by atoms with Crippen LogP contribution in [0.5, 0.6) is 5.75 Å². The van der Waals surface area contributed by atoms with Gasteiger partial charge in [0.2, 0.25) is 0 Å². The Labute approximate surface area is 133 Å². The van der Waals surface area contributed by atoms with E-state index in [4.69, 9.17) is 4.98 Å². The molecule has 0 atom stereocenters. The minimum atomic E-state index is 0.343. The number of thiazole rings is 1. The Morgan fingerprint density at radius 1 is 1.00 bits per heavy atom. The molecule has 0 spiro atoms. The second-order valence-electron chi connectivity index (χ2n) is 5.82. The summed E-state index contributed by atoms with van der Waals surface area (Å²) in [7, 11) is 0. The molecule has 1 saturated heterocycles. The van der Waals surface area contributed by atoms with E-state index in [0.717, 1.165) is 36.6 Å². The Morgan fingerprint density at radius 3 is 2.45 bits per heavy atom. The van der Waals surface area contributed by atoms with Crippen LogP contribution in [0.4, 0.5) is 5.13 Å². The summed E-state index contributed by atoms with van der Waals surface area (Å²) < 4.78 is 1.26. The third-order valence-corrected chi connectivity index (χ3v) is 5.51. The highest BCUT2D eigenvalue weighted by molar-refractivity contribution is 7.22. The maximum absolute atomic E-state index is 9.40. The zero-order chi connectivity index (χ0) is 14.9. The predicted molar refractivity (Wildman–Crippen MR) is 91.9 cm³/mol. The van der Waals surface area contributed by atoms with Crippen LogP contribution in [-0.4, -0.2) is 23.2 Å². The summed E-state index contributed by atoms with van der Waals surface area (Å²) >= 11 is 1.78. The molecule has 1 aromatic heterocycles. The van der Waals surface area contributed by atoms with E-state index in [9.17, 15) is 5.11 Å². The van der Waals surface area contributed by atoms with Crippen molar-refractivity contribution in [3.8, 4) is 5.75 Å². The highest BCUT2D eigenvalue weighted by Crippen LogP contribution is 2.34. The first kappa shape index (κ1) is 13.6. The maximum atomic E-state index is 9.40. The Balaban J connectivity index is 1.48. The minimum absolute atomic E-state index is 0.343. The van der Waals surface area contributed by atoms with Gasteiger partial charge in [0.15, 0.2) is 5.13 Å². The molecule has 0 saturated carbocycles. The van der Waals surface area contributed by atoms with E-state index in [2.05, 4.69) is 23.1 Å². The highest BCUT2D eigenvalue weighted by Gasteiger charge is 2.22. The zero-order valence-corrected chi connectivity index (χ0v) is 13.1. The van der Waals surface area contributed by atoms with Crippen LogP contribution in [0.1, 0.15) is 24.3 Å². The number of phenolic OH excluding ortho intramolecular Hbond substituents is 1. The van der Waals surface area contributed by atoms with Crippen molar-refractivity contribution in [2.45, 2.75) is 18.8 Å². The highest BCUT2D eigenvalue weighted by atomic mass is 32.1. The van der Waals surface area contributed by atoms with Crippen LogP contribution in [0, 0.1) is 0 Å². The molecule has 0 amide bonds. The second-order valence-corrected chi connectivity index (χ2v) is 6.83. The van der Waals surface area contributed by atoms with E-state index in [0.29, 0.717) is 11.7 Å². The number of nitrogens with zero attached hydrogens (tertiary/aromatic N) is 2. The number of aromatic nitrogens is 1. The number of anilines is 1. The standard InChI is InChI=1S/C18H18N2OS/c21-15-7-5-13(6-8-15)14-9-11-20(12-10-14)18-19-16-3-1-2-4-17(16)22-18/h1-8,14,21H,9-12H2. The van der Waals surface area contributed by atoms with Gasteiger partial charge >= 0.3 is 0 Å². The van der Waals surface area contributed by atoms with Gasteiger partial charge in [-0.15, -0.1) is 0 Å². The predicted octanol–water partition coefficient (Wildman–Crippen LogP) is 4.39. The number of aromatic hydroxyl groups is 1. The van der Waals surface area contributed by atoms with Crippen molar-refractivity contribution in [3.63, 3.8) is 0 Å². The molecule has 2 aromatic carbocycles. The van der Waals surface area contributed by atoms with Crippen molar-refractivity contribution < 1.29 is 5.11 Å². The van der Waals surface area contributed by atoms with E-state index < -0.39 is 0 Å². The number of hydrogen-bond acceptors (Lipinski definition) is 4. The number of phenols is 1. The average molecular weight is 310 g/mol. The van der Waals surface area contributed by atoms with Crippen molar-refractivity contribution in [2.75, 3.05) is 18.0 Å². The Kier molecular flexibility index (Phi) is 3.47. The molecular formula is C18H18N2OS. The van der Waals surface area contributed by atoms with Crippen LogP contribution in [-0.2, 0) is 0 Å². The molecule has 0 bridgehead atoms.